The van der Waals surface area contributed by atoms with Crippen molar-refractivity contribution in [3.8, 4) is 0 Å². The summed E-state index contributed by atoms with van der Waals surface area (Å²) in [5.74, 6) is -0.870. The maximum atomic E-state index is 11.2. The van der Waals surface area contributed by atoms with Crippen LogP contribution in [0.3, 0.4) is 0 Å². The number of carbonyl (C=O) groups excluding carboxylic acids is 1. The maximum Gasteiger partial charge on any atom is 0.337 e. The van der Waals surface area contributed by atoms with Crippen LogP contribution in [0.15, 0.2) is 36.4 Å². The summed E-state index contributed by atoms with van der Waals surface area (Å²) in [6.07, 6.45) is -2.93. The first-order valence-corrected chi connectivity index (χ1v) is 5.76. The number of nitrogens with two attached hydrogens (primary N) is 1. The van der Waals surface area contributed by atoms with Gasteiger partial charge in [-0.05, 0) is 34.5 Å². The summed E-state index contributed by atoms with van der Waals surface area (Å²) in [7, 11) is 1.15. The van der Waals surface area contributed by atoms with Crippen LogP contribution in [0.2, 0.25) is 0 Å². The standard InChI is InChI=1S/C14H15NO4/c1-19-14(18)13(17)12(16)10-3-2-9-7-11(15)5-4-8(9)6-10/h2-7,12-13,16-17H,15H2,1H3. The number of methoxy groups -OCH3 is 1. The van der Waals surface area contributed by atoms with Crippen LogP contribution in [-0.4, -0.2) is 29.4 Å². The summed E-state index contributed by atoms with van der Waals surface area (Å²) in [4.78, 5) is 11.2. The van der Waals surface area contributed by atoms with Crippen LogP contribution in [0.4, 0.5) is 5.69 Å². The molecular formula is C14H15NO4. The van der Waals surface area contributed by atoms with E-state index in [0.29, 0.717) is 11.3 Å². The fourth-order valence-electron chi connectivity index (χ4n) is 1.90. The molecule has 0 aliphatic heterocycles. The second-order valence-electron chi connectivity index (χ2n) is 4.28. The Hall–Kier alpha value is -2.11. The number of fused-ring (bicyclic) bond motifs is 1. The molecule has 0 aromatic heterocycles. The number of hydrogen-bond acceptors (Lipinski definition) is 5. The van der Waals surface area contributed by atoms with Gasteiger partial charge in [0.15, 0.2) is 6.10 Å². The predicted octanol–water partition coefficient (Wildman–Crippen LogP) is 0.989. The zero-order chi connectivity index (χ0) is 14.0. The summed E-state index contributed by atoms with van der Waals surface area (Å²) in [6, 6.07) is 10.5. The maximum absolute atomic E-state index is 11.2. The number of carbonyl (C=O) groups is 1. The highest BCUT2D eigenvalue weighted by molar-refractivity contribution is 5.86. The predicted molar refractivity (Wildman–Crippen MR) is 71.3 cm³/mol. The van der Waals surface area contributed by atoms with Crippen LogP contribution >= 0.6 is 0 Å². The molecule has 5 nitrogen and oxygen atoms in total. The van der Waals surface area contributed by atoms with Crippen molar-refractivity contribution in [3.05, 3.63) is 42.0 Å². The Kier molecular flexibility index (Phi) is 3.69. The molecule has 0 saturated heterocycles. The monoisotopic (exact) mass is 261 g/mol. The van der Waals surface area contributed by atoms with E-state index < -0.39 is 18.2 Å². The summed E-state index contributed by atoms with van der Waals surface area (Å²) < 4.78 is 4.39. The van der Waals surface area contributed by atoms with Gasteiger partial charge < -0.3 is 20.7 Å². The fraction of sp³-hybridized carbons (Fsp3) is 0.214. The van der Waals surface area contributed by atoms with Gasteiger partial charge in [-0.2, -0.15) is 0 Å². The summed E-state index contributed by atoms with van der Waals surface area (Å²) >= 11 is 0. The van der Waals surface area contributed by atoms with E-state index in [2.05, 4.69) is 4.74 Å². The Labute approximate surface area is 110 Å². The summed E-state index contributed by atoms with van der Waals surface area (Å²) in [5.41, 5.74) is 6.77. The molecule has 2 aromatic carbocycles. The zero-order valence-electron chi connectivity index (χ0n) is 10.4. The molecule has 2 atom stereocenters. The van der Waals surface area contributed by atoms with Crippen molar-refractivity contribution >= 4 is 22.4 Å². The van der Waals surface area contributed by atoms with Crippen LogP contribution in [0.5, 0.6) is 0 Å². The van der Waals surface area contributed by atoms with E-state index in [1.807, 2.05) is 12.1 Å². The Morgan fingerprint density at radius 3 is 2.47 bits per heavy atom. The van der Waals surface area contributed by atoms with Crippen LogP contribution in [-0.2, 0) is 9.53 Å². The lowest BCUT2D eigenvalue weighted by Crippen LogP contribution is -2.28. The number of benzene rings is 2. The lowest BCUT2D eigenvalue weighted by molar-refractivity contribution is -0.156. The fourth-order valence-corrected chi connectivity index (χ4v) is 1.90. The number of hydrogen-bond donors (Lipinski definition) is 3. The van der Waals surface area contributed by atoms with Crippen LogP contribution in [0.25, 0.3) is 10.8 Å². The minimum Gasteiger partial charge on any atom is -0.467 e. The smallest absolute Gasteiger partial charge is 0.337 e. The molecule has 4 N–H and O–H groups in total. The van der Waals surface area contributed by atoms with Crippen molar-refractivity contribution < 1.29 is 19.7 Å². The lowest BCUT2D eigenvalue weighted by Gasteiger charge is -2.16. The molecule has 2 unspecified atom stereocenters. The van der Waals surface area contributed by atoms with Gasteiger partial charge in [-0.25, -0.2) is 4.79 Å². The van der Waals surface area contributed by atoms with E-state index in [-0.39, 0.29) is 0 Å². The van der Waals surface area contributed by atoms with E-state index in [1.54, 1.807) is 24.3 Å². The summed E-state index contributed by atoms with van der Waals surface area (Å²) in [6.45, 7) is 0. The average molecular weight is 261 g/mol. The molecule has 0 fully saturated rings. The highest BCUT2D eigenvalue weighted by atomic mass is 16.5. The molecule has 2 rings (SSSR count). The van der Waals surface area contributed by atoms with Gasteiger partial charge in [0, 0.05) is 5.69 Å². The quantitative estimate of drug-likeness (QED) is 0.566. The number of rotatable bonds is 3. The molecule has 5 heteroatoms. The topological polar surface area (TPSA) is 92.8 Å². The molecule has 0 bridgehead atoms. The van der Waals surface area contributed by atoms with E-state index >= 15 is 0 Å². The van der Waals surface area contributed by atoms with E-state index in [1.165, 1.54) is 0 Å². The molecule has 2 aromatic rings. The third-order valence-electron chi connectivity index (χ3n) is 2.97. The molecule has 0 heterocycles. The van der Waals surface area contributed by atoms with Gasteiger partial charge in [0.05, 0.1) is 7.11 Å². The van der Waals surface area contributed by atoms with Gasteiger partial charge in [0.25, 0.3) is 0 Å². The van der Waals surface area contributed by atoms with Gasteiger partial charge in [0.2, 0.25) is 0 Å². The molecule has 0 saturated carbocycles. The third kappa shape index (κ3) is 2.67. The molecule has 0 amide bonds. The molecular weight excluding hydrogens is 246 g/mol. The van der Waals surface area contributed by atoms with Crippen molar-refractivity contribution in [2.45, 2.75) is 12.2 Å². The van der Waals surface area contributed by atoms with Gasteiger partial charge in [-0.3, -0.25) is 0 Å². The Morgan fingerprint density at radius 2 is 1.79 bits per heavy atom. The number of anilines is 1. The number of aliphatic hydroxyl groups is 2. The van der Waals surface area contributed by atoms with E-state index in [0.717, 1.165) is 17.9 Å². The second-order valence-corrected chi connectivity index (χ2v) is 4.28. The number of ether oxygens (including phenoxy) is 1. The molecule has 0 aliphatic rings. The van der Waals surface area contributed by atoms with Gasteiger partial charge in [-0.15, -0.1) is 0 Å². The van der Waals surface area contributed by atoms with Gasteiger partial charge in [-0.1, -0.05) is 18.2 Å². The number of aliphatic hydroxyl groups excluding tert-OH is 2. The highest BCUT2D eigenvalue weighted by Gasteiger charge is 2.26. The Morgan fingerprint density at radius 1 is 1.16 bits per heavy atom. The van der Waals surface area contributed by atoms with E-state index in [9.17, 15) is 15.0 Å². The number of nitrogen functional groups attached to an aromatic ring is 1. The van der Waals surface area contributed by atoms with Crippen molar-refractivity contribution in [2.24, 2.45) is 0 Å². The van der Waals surface area contributed by atoms with Crippen LogP contribution in [0.1, 0.15) is 11.7 Å². The first kappa shape index (κ1) is 13.3. The highest BCUT2D eigenvalue weighted by Crippen LogP contribution is 2.24. The minimum absolute atomic E-state index is 0.440. The second kappa shape index (κ2) is 5.26. The minimum atomic E-state index is -1.60. The molecule has 0 radical (unpaired) electrons. The largest absolute Gasteiger partial charge is 0.467 e. The molecule has 0 aliphatic carbocycles. The molecule has 100 valence electrons. The van der Waals surface area contributed by atoms with Crippen molar-refractivity contribution in [1.29, 1.82) is 0 Å². The van der Waals surface area contributed by atoms with Crippen LogP contribution in [0, 0.1) is 0 Å². The third-order valence-corrected chi connectivity index (χ3v) is 2.97. The lowest BCUT2D eigenvalue weighted by atomic mass is 10.00. The Balaban J connectivity index is 2.35. The van der Waals surface area contributed by atoms with Crippen molar-refractivity contribution in [2.75, 3.05) is 12.8 Å². The van der Waals surface area contributed by atoms with Crippen LogP contribution < -0.4 is 5.73 Å². The van der Waals surface area contributed by atoms with Crippen molar-refractivity contribution in [1.82, 2.24) is 0 Å². The van der Waals surface area contributed by atoms with Gasteiger partial charge in [0.1, 0.15) is 6.10 Å². The Bertz CT molecular complexity index is 611. The SMILES string of the molecule is COC(=O)C(O)C(O)c1ccc2cc(N)ccc2c1. The van der Waals surface area contributed by atoms with E-state index in [4.69, 9.17) is 5.73 Å². The number of esters is 1. The van der Waals surface area contributed by atoms with Gasteiger partial charge >= 0.3 is 5.97 Å². The zero-order valence-corrected chi connectivity index (χ0v) is 10.4. The first-order valence-electron chi connectivity index (χ1n) is 5.76. The molecule has 0 spiro atoms. The average Bonchev–Trinajstić information content (AvgIpc) is 2.44. The first-order chi connectivity index (χ1) is 9.02. The normalized spacial score (nSPS) is 14.1. The molecule has 19 heavy (non-hydrogen) atoms. The summed E-state index contributed by atoms with van der Waals surface area (Å²) in [5, 5.41) is 21.3. The van der Waals surface area contributed by atoms with Crippen molar-refractivity contribution in [3.63, 3.8) is 0 Å².